The van der Waals surface area contributed by atoms with E-state index in [9.17, 15) is 28.0 Å². The molecule has 0 amide bonds. The number of nitrogens with two attached hydrogens (primary N) is 1. The van der Waals surface area contributed by atoms with E-state index in [-0.39, 0.29) is 11.6 Å². The molecule has 1 aromatic heterocycles. The van der Waals surface area contributed by atoms with Crippen molar-refractivity contribution in [3.63, 3.8) is 0 Å². The topological polar surface area (TPSA) is 164 Å². The van der Waals surface area contributed by atoms with Crippen LogP contribution in [0.3, 0.4) is 0 Å². The predicted molar refractivity (Wildman–Crippen MR) is 144 cm³/mol. The minimum Gasteiger partial charge on any atom is -0.462 e. The normalized spacial score (nSPS) is 23.0. The van der Waals surface area contributed by atoms with Crippen LogP contribution in [0.15, 0.2) is 59.5 Å². The number of nitrogens with zero attached hydrogens (tertiary/aromatic N) is 2. The van der Waals surface area contributed by atoms with Gasteiger partial charge in [0.05, 0.1) is 12.7 Å². The van der Waals surface area contributed by atoms with Crippen LogP contribution in [-0.2, 0) is 23.4 Å². The Morgan fingerprint density at radius 3 is 2.63 bits per heavy atom. The molecule has 1 fully saturated rings. The number of nitrogen functional groups attached to an aromatic ring is 1. The summed E-state index contributed by atoms with van der Waals surface area (Å²) in [5.74, 6) is -0.791. The smallest absolute Gasteiger partial charge is 0.459 e. The third-order valence-electron chi connectivity index (χ3n) is 6.27. The Kier molecular flexibility index (Phi) is 9.10. The molecule has 2 aromatic carbocycles. The summed E-state index contributed by atoms with van der Waals surface area (Å²) >= 11 is 0. The van der Waals surface area contributed by atoms with Crippen LogP contribution in [0.2, 0.25) is 0 Å². The number of aliphatic hydroxyl groups excluding tert-OH is 1. The third kappa shape index (κ3) is 6.91. The standard InChI is InChI=1S/C26H31F2N4O8P/c1-15(2)38-23(34)16(3)31-41(36,40-20-10-6-8-17-7-4-5-9-18(17)20)37-14-26(24(27)28)13-19(33)22(39-26)32-12-11-21(29)30-25(32)35/h4-12,15-16,19,22,24,33H,13-14H2,1-3H3,(H,31,36)(H2,29,30,35)/t16-,19+,22+,26-,41?/m0/s1. The summed E-state index contributed by atoms with van der Waals surface area (Å²) in [6.07, 6.45) is -6.41. The number of nitrogens with one attached hydrogen (secondary N) is 1. The second kappa shape index (κ2) is 12.2. The van der Waals surface area contributed by atoms with Crippen LogP contribution in [0.5, 0.6) is 5.75 Å². The van der Waals surface area contributed by atoms with Gasteiger partial charge in [0.2, 0.25) is 0 Å². The van der Waals surface area contributed by atoms with Gasteiger partial charge in [0.15, 0.2) is 11.8 Å². The summed E-state index contributed by atoms with van der Waals surface area (Å²) in [6, 6.07) is 11.9. The number of anilines is 1. The number of hydrogen-bond acceptors (Lipinski definition) is 10. The van der Waals surface area contributed by atoms with E-state index in [0.717, 1.165) is 16.2 Å². The molecular weight excluding hydrogens is 565 g/mol. The maximum Gasteiger partial charge on any atom is 0.459 e. The number of carbonyl (C=O) groups excluding carboxylic acids is 1. The minimum atomic E-state index is -4.60. The van der Waals surface area contributed by atoms with Gasteiger partial charge in [0.1, 0.15) is 23.7 Å². The van der Waals surface area contributed by atoms with Crippen molar-refractivity contribution in [2.45, 2.75) is 63.7 Å². The Morgan fingerprint density at radius 1 is 1.24 bits per heavy atom. The number of aliphatic hydroxyl groups is 1. The second-order valence-corrected chi connectivity index (χ2v) is 11.6. The molecule has 0 radical (unpaired) electrons. The number of benzene rings is 2. The van der Waals surface area contributed by atoms with Gasteiger partial charge < -0.3 is 24.8 Å². The number of esters is 1. The Labute approximate surface area is 234 Å². The van der Waals surface area contributed by atoms with Crippen molar-refractivity contribution in [3.8, 4) is 5.75 Å². The lowest BCUT2D eigenvalue weighted by atomic mass is 10.0. The average Bonchev–Trinajstić information content (AvgIpc) is 3.25. The van der Waals surface area contributed by atoms with E-state index in [4.69, 9.17) is 24.3 Å². The van der Waals surface area contributed by atoms with E-state index >= 15 is 0 Å². The van der Waals surface area contributed by atoms with Gasteiger partial charge in [-0.1, -0.05) is 36.4 Å². The molecule has 0 spiro atoms. The zero-order valence-electron chi connectivity index (χ0n) is 22.5. The number of carbonyl (C=O) groups is 1. The third-order valence-corrected chi connectivity index (χ3v) is 7.88. The van der Waals surface area contributed by atoms with E-state index in [0.29, 0.717) is 5.39 Å². The van der Waals surface area contributed by atoms with Crippen molar-refractivity contribution in [1.82, 2.24) is 14.6 Å². The van der Waals surface area contributed by atoms with Gasteiger partial charge in [-0.05, 0) is 38.3 Å². The Balaban J connectivity index is 1.64. The molecule has 2 heterocycles. The van der Waals surface area contributed by atoms with Crippen molar-refractivity contribution in [1.29, 1.82) is 0 Å². The molecule has 222 valence electrons. The molecular formula is C26H31F2N4O8P. The Hall–Kier alpha value is -3.42. The van der Waals surface area contributed by atoms with Gasteiger partial charge in [0.25, 0.3) is 6.43 Å². The number of fused-ring (bicyclic) bond motifs is 1. The van der Waals surface area contributed by atoms with Crippen LogP contribution < -0.4 is 21.0 Å². The molecule has 5 atom stereocenters. The largest absolute Gasteiger partial charge is 0.462 e. The van der Waals surface area contributed by atoms with E-state index in [1.54, 1.807) is 50.2 Å². The number of aromatic nitrogens is 2. The SMILES string of the molecule is CC(C)OC(=O)[C@H](C)NP(=O)(OC[C@]1(C(F)F)C[C@@H](O)[C@H](n2ccc(N)nc2=O)O1)Oc1cccc2ccccc12. The van der Waals surface area contributed by atoms with Crippen LogP contribution in [0.1, 0.15) is 33.4 Å². The second-order valence-electron chi connectivity index (χ2n) is 9.86. The molecule has 12 nitrogen and oxygen atoms in total. The molecule has 41 heavy (non-hydrogen) atoms. The van der Waals surface area contributed by atoms with Crippen molar-refractivity contribution in [2.24, 2.45) is 0 Å². The summed E-state index contributed by atoms with van der Waals surface area (Å²) < 4.78 is 65.8. The molecule has 0 saturated carbocycles. The molecule has 1 saturated heterocycles. The van der Waals surface area contributed by atoms with E-state index in [1.165, 1.54) is 19.1 Å². The zero-order valence-corrected chi connectivity index (χ0v) is 23.4. The van der Waals surface area contributed by atoms with Crippen LogP contribution in [0, 0.1) is 0 Å². The number of rotatable bonds is 11. The summed E-state index contributed by atoms with van der Waals surface area (Å²) in [4.78, 5) is 28.3. The van der Waals surface area contributed by atoms with Crippen molar-refractivity contribution < 1.29 is 41.8 Å². The van der Waals surface area contributed by atoms with Gasteiger partial charge >= 0.3 is 19.4 Å². The maximum atomic E-state index is 14.5. The Morgan fingerprint density at radius 2 is 1.95 bits per heavy atom. The first-order chi connectivity index (χ1) is 19.3. The van der Waals surface area contributed by atoms with Crippen molar-refractivity contribution >= 4 is 30.3 Å². The van der Waals surface area contributed by atoms with Gasteiger partial charge in [-0.2, -0.15) is 10.1 Å². The summed E-state index contributed by atoms with van der Waals surface area (Å²) in [5.41, 5.74) is 2.06. The zero-order chi connectivity index (χ0) is 29.9. The molecule has 4 rings (SSSR count). The highest BCUT2D eigenvalue weighted by molar-refractivity contribution is 7.52. The van der Waals surface area contributed by atoms with Crippen LogP contribution in [0.4, 0.5) is 14.6 Å². The summed E-state index contributed by atoms with van der Waals surface area (Å²) in [6.45, 7) is 3.56. The molecule has 1 unspecified atom stereocenters. The highest BCUT2D eigenvalue weighted by Gasteiger charge is 2.55. The Bertz CT molecular complexity index is 1500. The molecule has 0 bridgehead atoms. The van der Waals surface area contributed by atoms with Crippen LogP contribution >= 0.6 is 7.75 Å². The fourth-order valence-corrected chi connectivity index (χ4v) is 5.86. The highest BCUT2D eigenvalue weighted by atomic mass is 31.2. The monoisotopic (exact) mass is 596 g/mol. The van der Waals surface area contributed by atoms with Gasteiger partial charge in [-0.15, -0.1) is 0 Å². The lowest BCUT2D eigenvalue weighted by Crippen LogP contribution is -2.44. The van der Waals surface area contributed by atoms with Gasteiger partial charge in [0, 0.05) is 18.0 Å². The summed E-state index contributed by atoms with van der Waals surface area (Å²) in [5, 5.41) is 14.3. The lowest BCUT2D eigenvalue weighted by Gasteiger charge is -2.31. The molecule has 0 aliphatic carbocycles. The van der Waals surface area contributed by atoms with Crippen molar-refractivity contribution in [2.75, 3.05) is 12.3 Å². The molecule has 15 heteroatoms. The van der Waals surface area contributed by atoms with E-state index < -0.39 is 68.9 Å². The predicted octanol–water partition coefficient (Wildman–Crippen LogP) is 3.40. The molecule has 3 aromatic rings. The number of halogens is 2. The molecule has 4 N–H and O–H groups in total. The summed E-state index contributed by atoms with van der Waals surface area (Å²) in [7, 11) is -4.60. The maximum absolute atomic E-state index is 14.5. The molecule has 1 aliphatic heterocycles. The van der Waals surface area contributed by atoms with E-state index in [2.05, 4.69) is 10.1 Å². The van der Waals surface area contributed by atoms with Gasteiger partial charge in [-0.3, -0.25) is 13.9 Å². The number of hydrogen-bond donors (Lipinski definition) is 3. The average molecular weight is 597 g/mol. The highest BCUT2D eigenvalue weighted by Crippen LogP contribution is 2.50. The minimum absolute atomic E-state index is 0.0965. The van der Waals surface area contributed by atoms with Gasteiger partial charge in [-0.25, -0.2) is 18.1 Å². The quantitative estimate of drug-likeness (QED) is 0.220. The number of ether oxygens (including phenoxy) is 2. The fraction of sp³-hybridized carbons (Fsp3) is 0.423. The molecule has 1 aliphatic rings. The first-order valence-electron chi connectivity index (χ1n) is 12.7. The fourth-order valence-electron chi connectivity index (χ4n) is 4.29. The van der Waals surface area contributed by atoms with Crippen LogP contribution in [-0.4, -0.2) is 57.5 Å². The van der Waals surface area contributed by atoms with Crippen LogP contribution in [0.25, 0.3) is 10.8 Å². The van der Waals surface area contributed by atoms with E-state index in [1.807, 2.05) is 0 Å². The lowest BCUT2D eigenvalue weighted by molar-refractivity contribution is -0.170. The number of alkyl halides is 2. The van der Waals surface area contributed by atoms with Crippen molar-refractivity contribution in [3.05, 3.63) is 65.2 Å². The first kappa shape index (κ1) is 30.5. The first-order valence-corrected chi connectivity index (χ1v) is 14.3.